The standard InChI is InChI=1S/C24H31FN2O4S/c1-24(2,23(29)19-6-10-21(11-7-19)26-32(3,30)31)16-27-14-12-18(13-15-27)22(28)17-4-8-20(25)9-5-17/h4-11,18,22,26,28H,12-16H2,1-3H3. The smallest absolute Gasteiger partial charge is 0.229 e. The van der Waals surface area contributed by atoms with Gasteiger partial charge in [0.05, 0.1) is 12.4 Å². The van der Waals surface area contributed by atoms with Crippen molar-refractivity contribution in [3.8, 4) is 0 Å². The van der Waals surface area contributed by atoms with E-state index in [1.165, 1.54) is 12.1 Å². The molecule has 1 unspecified atom stereocenters. The number of nitrogens with zero attached hydrogens (tertiary/aromatic N) is 1. The molecule has 0 radical (unpaired) electrons. The molecule has 1 atom stereocenters. The quantitative estimate of drug-likeness (QED) is 0.582. The van der Waals surface area contributed by atoms with Crippen LogP contribution in [0.15, 0.2) is 48.5 Å². The first-order valence-corrected chi connectivity index (χ1v) is 12.6. The third-order valence-corrected chi connectivity index (χ3v) is 6.58. The highest BCUT2D eigenvalue weighted by Crippen LogP contribution is 2.33. The molecule has 2 aromatic rings. The monoisotopic (exact) mass is 462 g/mol. The van der Waals surface area contributed by atoms with E-state index >= 15 is 0 Å². The maximum atomic E-state index is 13.1. The van der Waals surface area contributed by atoms with Crippen molar-refractivity contribution in [3.63, 3.8) is 0 Å². The number of likely N-dealkylation sites (tertiary alicyclic amines) is 1. The largest absolute Gasteiger partial charge is 0.388 e. The Labute approximate surface area is 189 Å². The Hall–Kier alpha value is -2.29. The van der Waals surface area contributed by atoms with E-state index in [1.807, 2.05) is 13.8 Å². The normalized spacial score (nSPS) is 17.2. The van der Waals surface area contributed by atoms with Crippen LogP contribution < -0.4 is 4.72 Å². The number of carbonyl (C=O) groups is 1. The summed E-state index contributed by atoms with van der Waals surface area (Å²) in [5.74, 6) is -0.216. The molecule has 1 aliphatic rings. The van der Waals surface area contributed by atoms with Crippen LogP contribution in [0.1, 0.15) is 48.7 Å². The van der Waals surface area contributed by atoms with Gasteiger partial charge in [-0.2, -0.15) is 0 Å². The second-order valence-electron chi connectivity index (χ2n) is 9.27. The van der Waals surface area contributed by atoms with Crippen molar-refractivity contribution in [3.05, 3.63) is 65.5 Å². The zero-order chi connectivity index (χ0) is 23.5. The highest BCUT2D eigenvalue weighted by atomic mass is 32.2. The number of hydrogen-bond donors (Lipinski definition) is 2. The summed E-state index contributed by atoms with van der Waals surface area (Å²) in [7, 11) is -3.36. The average Bonchev–Trinajstić information content (AvgIpc) is 2.73. The van der Waals surface area contributed by atoms with Crippen LogP contribution in [0.2, 0.25) is 0 Å². The van der Waals surface area contributed by atoms with Crippen molar-refractivity contribution in [2.75, 3.05) is 30.6 Å². The van der Waals surface area contributed by atoms with Crippen LogP contribution in [0.5, 0.6) is 0 Å². The van der Waals surface area contributed by atoms with Gasteiger partial charge in [-0.15, -0.1) is 0 Å². The van der Waals surface area contributed by atoms with Gasteiger partial charge in [-0.05, 0) is 73.8 Å². The Balaban J connectivity index is 1.56. The molecule has 0 amide bonds. The molecule has 8 heteroatoms. The number of carbonyl (C=O) groups excluding carboxylic acids is 1. The summed E-state index contributed by atoms with van der Waals surface area (Å²) in [6.07, 6.45) is 2.06. The van der Waals surface area contributed by atoms with Gasteiger partial charge in [0.1, 0.15) is 5.82 Å². The SMILES string of the molecule is CC(C)(CN1CCC(C(O)c2ccc(F)cc2)CC1)C(=O)c1ccc(NS(C)(=O)=O)cc1. The van der Waals surface area contributed by atoms with E-state index in [9.17, 15) is 22.7 Å². The van der Waals surface area contributed by atoms with Crippen molar-refractivity contribution >= 4 is 21.5 Å². The number of aliphatic hydroxyl groups excluding tert-OH is 1. The van der Waals surface area contributed by atoms with E-state index in [2.05, 4.69) is 9.62 Å². The number of ketones is 1. The molecule has 1 aliphatic heterocycles. The molecule has 1 fully saturated rings. The van der Waals surface area contributed by atoms with Gasteiger partial charge in [-0.3, -0.25) is 9.52 Å². The Morgan fingerprint density at radius 1 is 1.12 bits per heavy atom. The second kappa shape index (κ2) is 9.68. The molecule has 2 N–H and O–H groups in total. The van der Waals surface area contributed by atoms with Crippen LogP contribution in [0.25, 0.3) is 0 Å². The molecule has 1 saturated heterocycles. The predicted octanol–water partition coefficient (Wildman–Crippen LogP) is 3.85. The lowest BCUT2D eigenvalue weighted by atomic mass is 9.82. The predicted molar refractivity (Wildman–Crippen MR) is 124 cm³/mol. The molecule has 0 aliphatic carbocycles. The van der Waals surface area contributed by atoms with Gasteiger partial charge in [-0.25, -0.2) is 12.8 Å². The fraction of sp³-hybridized carbons (Fsp3) is 0.458. The lowest BCUT2D eigenvalue weighted by Gasteiger charge is -2.38. The van der Waals surface area contributed by atoms with Crippen molar-refractivity contribution in [1.29, 1.82) is 0 Å². The number of rotatable bonds is 8. The van der Waals surface area contributed by atoms with E-state index in [0.717, 1.165) is 37.8 Å². The summed E-state index contributed by atoms with van der Waals surface area (Å²) < 4.78 is 38.2. The van der Waals surface area contributed by atoms with E-state index in [0.29, 0.717) is 17.8 Å². The summed E-state index contributed by atoms with van der Waals surface area (Å²) >= 11 is 0. The number of sulfonamides is 1. The Bertz CT molecular complexity index is 1030. The average molecular weight is 463 g/mol. The van der Waals surface area contributed by atoms with E-state index in [4.69, 9.17) is 0 Å². The van der Waals surface area contributed by atoms with Gasteiger partial charge < -0.3 is 10.0 Å². The first-order valence-electron chi connectivity index (χ1n) is 10.7. The summed E-state index contributed by atoms with van der Waals surface area (Å²) in [6.45, 7) is 5.97. The van der Waals surface area contributed by atoms with Gasteiger partial charge in [0.2, 0.25) is 10.0 Å². The molecule has 0 spiro atoms. The maximum absolute atomic E-state index is 13.1. The van der Waals surface area contributed by atoms with Crippen molar-refractivity contribution in [2.45, 2.75) is 32.8 Å². The lowest BCUT2D eigenvalue weighted by molar-refractivity contribution is 0.0442. The number of nitrogens with one attached hydrogen (secondary N) is 1. The van der Waals surface area contributed by atoms with Crippen LogP contribution in [-0.4, -0.2) is 50.1 Å². The molecule has 32 heavy (non-hydrogen) atoms. The summed E-state index contributed by atoms with van der Waals surface area (Å²) in [5, 5.41) is 10.6. The first-order chi connectivity index (χ1) is 14.9. The number of halogens is 1. The van der Waals surface area contributed by atoms with Gasteiger partial charge in [-0.1, -0.05) is 26.0 Å². The molecule has 0 aromatic heterocycles. The molecule has 2 aromatic carbocycles. The highest BCUT2D eigenvalue weighted by Gasteiger charge is 2.33. The van der Waals surface area contributed by atoms with Crippen LogP contribution in [-0.2, 0) is 10.0 Å². The van der Waals surface area contributed by atoms with Crippen molar-refractivity contribution in [2.24, 2.45) is 11.3 Å². The molecule has 6 nitrogen and oxygen atoms in total. The van der Waals surface area contributed by atoms with Gasteiger partial charge in [0.15, 0.2) is 5.78 Å². The van der Waals surface area contributed by atoms with Crippen LogP contribution >= 0.6 is 0 Å². The Morgan fingerprint density at radius 3 is 2.22 bits per heavy atom. The second-order valence-corrected chi connectivity index (χ2v) is 11.0. The molecular weight excluding hydrogens is 431 g/mol. The Kier molecular flexibility index (Phi) is 7.37. The highest BCUT2D eigenvalue weighted by molar-refractivity contribution is 7.92. The third-order valence-electron chi connectivity index (χ3n) is 5.97. The number of benzene rings is 2. The van der Waals surface area contributed by atoms with Gasteiger partial charge in [0.25, 0.3) is 0 Å². The fourth-order valence-corrected chi connectivity index (χ4v) is 4.85. The third kappa shape index (κ3) is 6.37. The topological polar surface area (TPSA) is 86.7 Å². The van der Waals surface area contributed by atoms with Crippen LogP contribution in [0.4, 0.5) is 10.1 Å². The number of anilines is 1. The van der Waals surface area contributed by atoms with Gasteiger partial charge in [0, 0.05) is 23.2 Å². The summed E-state index contributed by atoms with van der Waals surface area (Å²) in [6, 6.07) is 12.5. The van der Waals surface area contributed by atoms with Crippen molar-refractivity contribution < 1.29 is 22.7 Å². The summed E-state index contributed by atoms with van der Waals surface area (Å²) in [5.41, 5.74) is 1.07. The van der Waals surface area contributed by atoms with Gasteiger partial charge >= 0.3 is 0 Å². The molecule has 0 saturated carbocycles. The number of Topliss-reactive ketones (excluding diaryl/α,β-unsaturated/α-hetero) is 1. The van der Waals surface area contributed by atoms with E-state index < -0.39 is 21.5 Å². The molecule has 3 rings (SSSR count). The zero-order valence-electron chi connectivity index (χ0n) is 18.7. The minimum Gasteiger partial charge on any atom is -0.388 e. The lowest BCUT2D eigenvalue weighted by Crippen LogP contribution is -2.43. The molecule has 174 valence electrons. The van der Waals surface area contributed by atoms with Crippen LogP contribution in [0.3, 0.4) is 0 Å². The zero-order valence-corrected chi connectivity index (χ0v) is 19.5. The van der Waals surface area contributed by atoms with Crippen molar-refractivity contribution in [1.82, 2.24) is 4.90 Å². The summed E-state index contributed by atoms with van der Waals surface area (Å²) in [4.78, 5) is 15.3. The number of hydrogen-bond acceptors (Lipinski definition) is 5. The molecular formula is C24H31FN2O4S. The van der Waals surface area contributed by atoms with Crippen LogP contribution in [0, 0.1) is 17.2 Å². The number of piperidine rings is 1. The minimum absolute atomic E-state index is 0.00289. The molecule has 1 heterocycles. The van der Waals surface area contributed by atoms with E-state index in [-0.39, 0.29) is 17.5 Å². The number of aliphatic hydroxyl groups is 1. The Morgan fingerprint density at radius 2 is 1.69 bits per heavy atom. The van der Waals surface area contributed by atoms with E-state index in [1.54, 1.807) is 36.4 Å². The minimum atomic E-state index is -3.36. The first kappa shape index (κ1) is 24.4. The maximum Gasteiger partial charge on any atom is 0.229 e. The fourth-order valence-electron chi connectivity index (χ4n) is 4.28. The molecule has 0 bridgehead atoms.